The molecular weight excluding hydrogens is 320 g/mol. The molecule has 1 fully saturated rings. The zero-order chi connectivity index (χ0) is 14.4. The monoisotopic (exact) mass is 340 g/mol. The van der Waals surface area contributed by atoms with Crippen molar-refractivity contribution in [3.05, 3.63) is 34.3 Å². The Kier molecular flexibility index (Phi) is 5.57. The van der Waals surface area contributed by atoms with Crippen molar-refractivity contribution in [3.8, 4) is 0 Å². The molecule has 0 aliphatic carbocycles. The second-order valence-corrected chi connectivity index (χ2v) is 6.13. The van der Waals surface area contributed by atoms with Crippen LogP contribution in [-0.2, 0) is 14.9 Å². The Balaban J connectivity index is 2.15. The third kappa shape index (κ3) is 3.81. The summed E-state index contributed by atoms with van der Waals surface area (Å²) in [6, 6.07) is 8.36. The quantitative estimate of drug-likeness (QED) is 0.859. The number of hydrogen-bond donors (Lipinski definition) is 2. The summed E-state index contributed by atoms with van der Waals surface area (Å²) in [5.74, 6) is 0.0355. The molecular formula is C15H21BrN2O2. The minimum Gasteiger partial charge on any atom is -0.381 e. The van der Waals surface area contributed by atoms with Crippen LogP contribution in [-0.4, -0.2) is 39.3 Å². The number of benzene rings is 1. The van der Waals surface area contributed by atoms with Crippen molar-refractivity contribution in [2.24, 2.45) is 0 Å². The van der Waals surface area contributed by atoms with E-state index in [1.165, 1.54) is 5.56 Å². The Hall–Kier alpha value is -0.910. The lowest BCUT2D eigenvalue weighted by Crippen LogP contribution is -2.46. The average molecular weight is 341 g/mol. The SMILES string of the molecule is CNCC(=O)NCC1(c2cccc(Br)c2)CCOCC1. The summed E-state index contributed by atoms with van der Waals surface area (Å²) in [6.07, 6.45) is 1.87. The number of amides is 1. The van der Waals surface area contributed by atoms with Gasteiger partial charge in [-0.1, -0.05) is 28.1 Å². The van der Waals surface area contributed by atoms with E-state index in [9.17, 15) is 4.79 Å². The van der Waals surface area contributed by atoms with Gasteiger partial charge < -0.3 is 15.4 Å². The summed E-state index contributed by atoms with van der Waals surface area (Å²) < 4.78 is 6.57. The highest BCUT2D eigenvalue weighted by molar-refractivity contribution is 9.10. The normalized spacial score (nSPS) is 17.7. The maximum atomic E-state index is 11.7. The molecule has 20 heavy (non-hydrogen) atoms. The highest BCUT2D eigenvalue weighted by Gasteiger charge is 2.34. The predicted octanol–water partition coefficient (Wildman–Crippen LogP) is 1.83. The number of rotatable bonds is 5. The van der Waals surface area contributed by atoms with Crippen LogP contribution in [0.2, 0.25) is 0 Å². The Morgan fingerprint density at radius 3 is 2.80 bits per heavy atom. The predicted molar refractivity (Wildman–Crippen MR) is 82.8 cm³/mol. The Morgan fingerprint density at radius 1 is 1.40 bits per heavy atom. The van der Waals surface area contributed by atoms with Crippen molar-refractivity contribution in [3.63, 3.8) is 0 Å². The van der Waals surface area contributed by atoms with Crippen molar-refractivity contribution in [1.29, 1.82) is 0 Å². The first-order valence-corrected chi connectivity index (χ1v) is 7.71. The van der Waals surface area contributed by atoms with Gasteiger partial charge in [-0.25, -0.2) is 0 Å². The Morgan fingerprint density at radius 2 is 2.15 bits per heavy atom. The van der Waals surface area contributed by atoms with Crippen molar-refractivity contribution < 1.29 is 9.53 Å². The minimum atomic E-state index is -0.0224. The van der Waals surface area contributed by atoms with E-state index in [0.717, 1.165) is 30.5 Å². The largest absolute Gasteiger partial charge is 0.381 e. The topological polar surface area (TPSA) is 50.4 Å². The van der Waals surface area contributed by atoms with Gasteiger partial charge in [0.15, 0.2) is 0 Å². The number of hydrogen-bond acceptors (Lipinski definition) is 3. The second kappa shape index (κ2) is 7.20. The van der Waals surface area contributed by atoms with Crippen LogP contribution < -0.4 is 10.6 Å². The van der Waals surface area contributed by atoms with E-state index in [1.54, 1.807) is 7.05 Å². The van der Waals surface area contributed by atoms with E-state index in [-0.39, 0.29) is 11.3 Å². The number of carbonyl (C=O) groups excluding carboxylic acids is 1. The van der Waals surface area contributed by atoms with Crippen LogP contribution in [0.15, 0.2) is 28.7 Å². The molecule has 0 bridgehead atoms. The van der Waals surface area contributed by atoms with Crippen molar-refractivity contribution >= 4 is 21.8 Å². The van der Waals surface area contributed by atoms with Gasteiger partial charge in [-0.3, -0.25) is 4.79 Å². The molecule has 5 heteroatoms. The van der Waals surface area contributed by atoms with Gasteiger partial charge in [-0.05, 0) is 37.6 Å². The van der Waals surface area contributed by atoms with Crippen LogP contribution in [0.4, 0.5) is 0 Å². The molecule has 1 saturated heterocycles. The number of carbonyl (C=O) groups is 1. The van der Waals surface area contributed by atoms with Crippen LogP contribution in [0.5, 0.6) is 0 Å². The lowest BCUT2D eigenvalue weighted by Gasteiger charge is -2.38. The van der Waals surface area contributed by atoms with E-state index in [0.29, 0.717) is 13.1 Å². The molecule has 1 aromatic rings. The molecule has 1 aliphatic heterocycles. The van der Waals surface area contributed by atoms with Gasteiger partial charge in [0.05, 0.1) is 6.54 Å². The first kappa shape index (κ1) is 15.5. The summed E-state index contributed by atoms with van der Waals surface area (Å²) >= 11 is 3.53. The van der Waals surface area contributed by atoms with E-state index in [4.69, 9.17) is 4.74 Å². The van der Waals surface area contributed by atoms with Crippen LogP contribution in [0.1, 0.15) is 18.4 Å². The molecule has 1 heterocycles. The fraction of sp³-hybridized carbons (Fsp3) is 0.533. The molecule has 0 spiro atoms. The van der Waals surface area contributed by atoms with Crippen molar-refractivity contribution in [1.82, 2.24) is 10.6 Å². The molecule has 110 valence electrons. The zero-order valence-corrected chi connectivity index (χ0v) is 13.3. The molecule has 0 unspecified atom stereocenters. The molecule has 4 nitrogen and oxygen atoms in total. The Bertz CT molecular complexity index is 459. The van der Waals surface area contributed by atoms with Gasteiger partial charge in [0, 0.05) is 29.6 Å². The molecule has 2 rings (SSSR count). The maximum Gasteiger partial charge on any atom is 0.233 e. The van der Waals surface area contributed by atoms with Crippen LogP contribution in [0, 0.1) is 0 Å². The zero-order valence-electron chi connectivity index (χ0n) is 11.7. The van der Waals surface area contributed by atoms with Gasteiger partial charge >= 0.3 is 0 Å². The van der Waals surface area contributed by atoms with Gasteiger partial charge in [-0.15, -0.1) is 0 Å². The third-order valence-corrected chi connectivity index (χ3v) is 4.34. The summed E-state index contributed by atoms with van der Waals surface area (Å²) in [4.78, 5) is 11.7. The van der Waals surface area contributed by atoms with Crippen LogP contribution in [0.25, 0.3) is 0 Å². The average Bonchev–Trinajstić information content (AvgIpc) is 2.46. The van der Waals surface area contributed by atoms with Crippen LogP contribution >= 0.6 is 15.9 Å². The maximum absolute atomic E-state index is 11.7. The molecule has 1 aliphatic rings. The lowest BCUT2D eigenvalue weighted by atomic mass is 9.74. The summed E-state index contributed by atoms with van der Waals surface area (Å²) in [5.41, 5.74) is 1.24. The van der Waals surface area contributed by atoms with Crippen molar-refractivity contribution in [2.75, 3.05) is 33.4 Å². The van der Waals surface area contributed by atoms with Crippen molar-refractivity contribution in [2.45, 2.75) is 18.3 Å². The van der Waals surface area contributed by atoms with Gasteiger partial charge in [0.2, 0.25) is 5.91 Å². The van der Waals surface area contributed by atoms with E-state index in [1.807, 2.05) is 12.1 Å². The highest BCUT2D eigenvalue weighted by atomic mass is 79.9. The van der Waals surface area contributed by atoms with Gasteiger partial charge in [-0.2, -0.15) is 0 Å². The standard InChI is InChI=1S/C15H21BrN2O2/c1-17-10-14(19)18-11-15(5-7-20-8-6-15)12-3-2-4-13(16)9-12/h2-4,9,17H,5-8,10-11H2,1H3,(H,18,19). The number of likely N-dealkylation sites (N-methyl/N-ethyl adjacent to an activating group) is 1. The molecule has 1 aromatic carbocycles. The molecule has 0 saturated carbocycles. The number of halogens is 1. The minimum absolute atomic E-state index is 0.0224. The Labute approximate surface area is 128 Å². The fourth-order valence-electron chi connectivity index (χ4n) is 2.64. The lowest BCUT2D eigenvalue weighted by molar-refractivity contribution is -0.120. The first-order valence-electron chi connectivity index (χ1n) is 6.91. The van der Waals surface area contributed by atoms with Gasteiger partial charge in [0.25, 0.3) is 0 Å². The molecule has 0 atom stereocenters. The molecule has 1 amide bonds. The summed E-state index contributed by atoms with van der Waals surface area (Å²) in [5, 5.41) is 5.91. The van der Waals surface area contributed by atoms with Crippen LogP contribution in [0.3, 0.4) is 0 Å². The van der Waals surface area contributed by atoms with E-state index >= 15 is 0 Å². The second-order valence-electron chi connectivity index (χ2n) is 5.21. The van der Waals surface area contributed by atoms with E-state index in [2.05, 4.69) is 38.7 Å². The highest BCUT2D eigenvalue weighted by Crippen LogP contribution is 2.35. The smallest absolute Gasteiger partial charge is 0.233 e. The molecule has 0 aromatic heterocycles. The third-order valence-electron chi connectivity index (χ3n) is 3.85. The molecule has 2 N–H and O–H groups in total. The van der Waals surface area contributed by atoms with Gasteiger partial charge in [0.1, 0.15) is 0 Å². The summed E-state index contributed by atoms with van der Waals surface area (Å²) in [6.45, 7) is 2.50. The number of nitrogens with one attached hydrogen (secondary N) is 2. The molecule has 0 radical (unpaired) electrons. The summed E-state index contributed by atoms with van der Waals surface area (Å²) in [7, 11) is 1.78. The first-order chi connectivity index (χ1) is 9.66. The fourth-order valence-corrected chi connectivity index (χ4v) is 3.04. The number of ether oxygens (including phenoxy) is 1. The van der Waals surface area contributed by atoms with E-state index < -0.39 is 0 Å².